The highest BCUT2D eigenvalue weighted by atomic mass is 32.2. The number of hydrogen-bond acceptors (Lipinski definition) is 6. The van der Waals surface area contributed by atoms with Gasteiger partial charge in [0.2, 0.25) is 0 Å². The lowest BCUT2D eigenvalue weighted by atomic mass is 9.94. The van der Waals surface area contributed by atoms with Crippen LogP contribution in [0, 0.1) is 12.8 Å². The van der Waals surface area contributed by atoms with Crippen molar-refractivity contribution in [2.75, 3.05) is 22.5 Å². The minimum Gasteiger partial charge on any atom is -0.353 e. The Bertz CT molecular complexity index is 1080. The van der Waals surface area contributed by atoms with E-state index < -0.39 is 9.84 Å². The highest BCUT2D eigenvalue weighted by molar-refractivity contribution is 7.91. The summed E-state index contributed by atoms with van der Waals surface area (Å²) in [5, 5.41) is 2.88. The van der Waals surface area contributed by atoms with Gasteiger partial charge in [0.25, 0.3) is 5.91 Å². The normalized spacial score (nSPS) is 17.2. The second-order valence-corrected chi connectivity index (χ2v) is 11.3. The number of anilines is 2. The molecule has 7 nitrogen and oxygen atoms in total. The number of aromatic nitrogens is 2. The van der Waals surface area contributed by atoms with Gasteiger partial charge in [0.05, 0.1) is 10.6 Å². The van der Waals surface area contributed by atoms with Crippen molar-refractivity contribution in [1.82, 2.24) is 9.97 Å². The molecule has 0 saturated heterocycles. The average Bonchev–Trinajstić information content (AvgIpc) is 3.63. The van der Waals surface area contributed by atoms with Gasteiger partial charge in [-0.15, -0.1) is 0 Å². The third-order valence-corrected chi connectivity index (χ3v) is 8.26. The van der Waals surface area contributed by atoms with Crippen molar-refractivity contribution < 1.29 is 13.2 Å². The number of carbonyl (C=O) groups excluding carboxylic acids is 1. The standard InChI is InChI=1S/C24H32N4O3S/c1-3-32(30,31)20-11-12-21(17(2)13-20)27-24(29)22-14-23(26-16-25-22)28(15-18-9-10-18)19-7-5-4-6-8-19/h11-14,16,18-19H,3-10,15H2,1-2H3,(H,27,29). The van der Waals surface area contributed by atoms with E-state index in [2.05, 4.69) is 20.2 Å². The van der Waals surface area contributed by atoms with E-state index in [1.165, 1.54) is 57.3 Å². The molecular formula is C24H32N4O3S. The molecule has 0 aliphatic heterocycles. The number of sulfone groups is 1. The fraction of sp³-hybridized carbons (Fsp3) is 0.542. The summed E-state index contributed by atoms with van der Waals surface area (Å²) < 4.78 is 24.2. The molecule has 2 aromatic rings. The van der Waals surface area contributed by atoms with Gasteiger partial charge in [-0.1, -0.05) is 26.2 Å². The number of benzene rings is 1. The van der Waals surface area contributed by atoms with Crippen LogP contribution in [0.4, 0.5) is 11.5 Å². The van der Waals surface area contributed by atoms with Crippen LogP contribution in [-0.4, -0.2) is 42.6 Å². The predicted octanol–water partition coefficient (Wildman–Crippen LogP) is 4.38. The van der Waals surface area contributed by atoms with E-state index in [0.29, 0.717) is 23.0 Å². The molecule has 1 N–H and O–H groups in total. The Morgan fingerprint density at radius 2 is 1.84 bits per heavy atom. The van der Waals surface area contributed by atoms with Crippen LogP contribution in [0.15, 0.2) is 35.5 Å². The van der Waals surface area contributed by atoms with Gasteiger partial charge in [-0.25, -0.2) is 18.4 Å². The van der Waals surface area contributed by atoms with Crippen LogP contribution in [0.25, 0.3) is 0 Å². The molecule has 0 spiro atoms. The van der Waals surface area contributed by atoms with Crippen molar-refractivity contribution in [2.24, 2.45) is 5.92 Å². The molecule has 0 unspecified atom stereocenters. The largest absolute Gasteiger partial charge is 0.353 e. The number of nitrogens with zero attached hydrogens (tertiary/aromatic N) is 3. The first-order valence-electron chi connectivity index (χ1n) is 11.6. The first-order valence-corrected chi connectivity index (χ1v) is 13.3. The van der Waals surface area contributed by atoms with E-state index in [9.17, 15) is 13.2 Å². The molecule has 1 aromatic carbocycles. The van der Waals surface area contributed by atoms with Crippen molar-refractivity contribution >= 4 is 27.2 Å². The lowest BCUT2D eigenvalue weighted by Crippen LogP contribution is -2.39. The van der Waals surface area contributed by atoms with Crippen LogP contribution in [-0.2, 0) is 9.84 Å². The topological polar surface area (TPSA) is 92.3 Å². The molecule has 2 saturated carbocycles. The van der Waals surface area contributed by atoms with Crippen molar-refractivity contribution in [3.63, 3.8) is 0 Å². The molecule has 0 radical (unpaired) electrons. The molecule has 0 bridgehead atoms. The first kappa shape index (κ1) is 22.7. The Labute approximate surface area is 190 Å². The van der Waals surface area contributed by atoms with E-state index in [-0.39, 0.29) is 16.6 Å². The van der Waals surface area contributed by atoms with Gasteiger partial charge in [-0.05, 0) is 62.3 Å². The number of amides is 1. The van der Waals surface area contributed by atoms with E-state index in [4.69, 9.17) is 0 Å². The minimum atomic E-state index is -3.29. The maximum absolute atomic E-state index is 13.0. The Hall–Kier alpha value is -2.48. The van der Waals surface area contributed by atoms with Crippen molar-refractivity contribution in [3.8, 4) is 0 Å². The molecule has 2 aliphatic rings. The quantitative estimate of drug-likeness (QED) is 0.634. The van der Waals surface area contributed by atoms with Crippen LogP contribution in [0.5, 0.6) is 0 Å². The van der Waals surface area contributed by atoms with Gasteiger partial charge in [-0.2, -0.15) is 0 Å². The maximum atomic E-state index is 13.0. The molecule has 2 aliphatic carbocycles. The van der Waals surface area contributed by atoms with E-state index in [0.717, 1.165) is 18.3 Å². The molecule has 4 rings (SSSR count). The van der Waals surface area contributed by atoms with Gasteiger partial charge in [0, 0.05) is 24.3 Å². The van der Waals surface area contributed by atoms with Gasteiger partial charge < -0.3 is 10.2 Å². The van der Waals surface area contributed by atoms with Crippen LogP contribution in [0.2, 0.25) is 0 Å². The smallest absolute Gasteiger partial charge is 0.274 e. The molecule has 32 heavy (non-hydrogen) atoms. The summed E-state index contributed by atoms with van der Waals surface area (Å²) in [5.41, 5.74) is 1.59. The molecule has 0 atom stereocenters. The zero-order valence-corrected chi connectivity index (χ0v) is 19.7. The SMILES string of the molecule is CCS(=O)(=O)c1ccc(NC(=O)c2cc(N(CC3CC3)C3CCCCC3)ncn2)c(C)c1. The highest BCUT2D eigenvalue weighted by Gasteiger charge is 2.30. The Morgan fingerprint density at radius 3 is 2.50 bits per heavy atom. The third kappa shape index (κ3) is 5.28. The zero-order chi connectivity index (χ0) is 22.7. The Morgan fingerprint density at radius 1 is 1.09 bits per heavy atom. The maximum Gasteiger partial charge on any atom is 0.274 e. The third-order valence-electron chi connectivity index (χ3n) is 6.53. The van der Waals surface area contributed by atoms with Crippen LogP contribution < -0.4 is 10.2 Å². The molecular weight excluding hydrogens is 424 g/mol. The van der Waals surface area contributed by atoms with Crippen molar-refractivity contribution in [1.29, 1.82) is 0 Å². The summed E-state index contributed by atoms with van der Waals surface area (Å²) in [5.74, 6) is 1.27. The van der Waals surface area contributed by atoms with Crippen molar-refractivity contribution in [3.05, 3.63) is 41.9 Å². The average molecular weight is 457 g/mol. The van der Waals surface area contributed by atoms with Crippen LogP contribution in [0.1, 0.15) is 67.9 Å². The number of hydrogen-bond donors (Lipinski definition) is 1. The van der Waals surface area contributed by atoms with Crippen LogP contribution in [0.3, 0.4) is 0 Å². The van der Waals surface area contributed by atoms with Gasteiger partial charge in [-0.3, -0.25) is 4.79 Å². The van der Waals surface area contributed by atoms with Gasteiger partial charge in [0.1, 0.15) is 17.8 Å². The fourth-order valence-electron chi connectivity index (χ4n) is 4.35. The second kappa shape index (κ2) is 9.57. The van der Waals surface area contributed by atoms with Crippen molar-refractivity contribution in [2.45, 2.75) is 69.7 Å². The molecule has 1 heterocycles. The van der Waals surface area contributed by atoms with E-state index in [1.807, 2.05) is 0 Å². The molecule has 1 amide bonds. The lowest BCUT2D eigenvalue weighted by molar-refractivity contribution is 0.102. The summed E-state index contributed by atoms with van der Waals surface area (Å²) in [6.45, 7) is 4.40. The van der Waals surface area contributed by atoms with E-state index >= 15 is 0 Å². The number of aryl methyl sites for hydroxylation is 1. The highest BCUT2D eigenvalue weighted by Crippen LogP contribution is 2.34. The summed E-state index contributed by atoms with van der Waals surface area (Å²) in [4.78, 5) is 24.3. The Balaban J connectivity index is 1.52. The summed E-state index contributed by atoms with van der Waals surface area (Å²) in [6, 6.07) is 7.04. The van der Waals surface area contributed by atoms with Gasteiger partial charge >= 0.3 is 0 Å². The summed E-state index contributed by atoms with van der Waals surface area (Å²) in [7, 11) is -3.29. The first-order chi connectivity index (χ1) is 15.4. The molecule has 8 heteroatoms. The molecule has 172 valence electrons. The molecule has 2 fully saturated rings. The zero-order valence-electron chi connectivity index (χ0n) is 18.9. The Kier molecular flexibility index (Phi) is 6.79. The molecule has 1 aromatic heterocycles. The summed E-state index contributed by atoms with van der Waals surface area (Å²) >= 11 is 0. The number of rotatable bonds is 8. The minimum absolute atomic E-state index is 0.0419. The second-order valence-electron chi connectivity index (χ2n) is 8.98. The van der Waals surface area contributed by atoms with E-state index in [1.54, 1.807) is 32.0 Å². The van der Waals surface area contributed by atoms with Gasteiger partial charge in [0.15, 0.2) is 9.84 Å². The number of nitrogens with one attached hydrogen (secondary N) is 1. The summed E-state index contributed by atoms with van der Waals surface area (Å²) in [6.07, 6.45) is 10.1. The monoisotopic (exact) mass is 456 g/mol. The predicted molar refractivity (Wildman–Crippen MR) is 126 cm³/mol. The fourth-order valence-corrected chi connectivity index (χ4v) is 5.32. The van der Waals surface area contributed by atoms with Crippen LogP contribution >= 0.6 is 0 Å². The lowest BCUT2D eigenvalue weighted by Gasteiger charge is -2.35. The number of carbonyl (C=O) groups is 1.